The van der Waals surface area contributed by atoms with Gasteiger partial charge in [-0.25, -0.2) is 0 Å². The van der Waals surface area contributed by atoms with Crippen molar-refractivity contribution in [2.24, 2.45) is 5.41 Å². The van der Waals surface area contributed by atoms with Crippen molar-refractivity contribution in [3.63, 3.8) is 0 Å². The number of rotatable bonds is 7. The zero-order valence-electron chi connectivity index (χ0n) is 12.8. The summed E-state index contributed by atoms with van der Waals surface area (Å²) in [6.07, 6.45) is 4.24. The number of hydrogen-bond acceptors (Lipinski definition) is 3. The molecule has 0 aromatic rings. The summed E-state index contributed by atoms with van der Waals surface area (Å²) in [5.74, 6) is 0. The number of nitrogens with one attached hydrogen (secondary N) is 1. The average Bonchev–Trinajstić information content (AvgIpc) is 2.28. The molecule has 1 aliphatic heterocycles. The highest BCUT2D eigenvalue weighted by Crippen LogP contribution is 2.17. The van der Waals surface area contributed by atoms with Crippen LogP contribution in [0.2, 0.25) is 0 Å². The van der Waals surface area contributed by atoms with Crippen molar-refractivity contribution in [2.75, 3.05) is 39.3 Å². The molecule has 108 valence electrons. The van der Waals surface area contributed by atoms with E-state index in [4.69, 9.17) is 4.74 Å². The van der Waals surface area contributed by atoms with E-state index >= 15 is 0 Å². The third-order valence-corrected chi connectivity index (χ3v) is 3.52. The molecule has 0 radical (unpaired) electrons. The van der Waals surface area contributed by atoms with Crippen LogP contribution >= 0.6 is 0 Å². The van der Waals surface area contributed by atoms with Gasteiger partial charge < -0.3 is 10.1 Å². The second-order valence-electron chi connectivity index (χ2n) is 6.58. The molecule has 18 heavy (non-hydrogen) atoms. The molecule has 1 rings (SSSR count). The van der Waals surface area contributed by atoms with Crippen molar-refractivity contribution >= 4 is 0 Å². The molecule has 1 atom stereocenters. The van der Waals surface area contributed by atoms with E-state index in [0.29, 0.717) is 11.5 Å². The van der Waals surface area contributed by atoms with E-state index in [1.54, 1.807) is 0 Å². The van der Waals surface area contributed by atoms with Gasteiger partial charge in [0.25, 0.3) is 0 Å². The van der Waals surface area contributed by atoms with Gasteiger partial charge in [-0.15, -0.1) is 0 Å². The molecule has 0 saturated carbocycles. The van der Waals surface area contributed by atoms with E-state index in [2.05, 4.69) is 37.9 Å². The molecule has 0 spiro atoms. The normalized spacial score (nSPS) is 22.3. The standard InChI is InChI=1S/C15H32N2O/c1-5-18-14-7-6-11-17(13-14)12-10-16-9-8-15(2,3)4/h14,16H,5-13H2,1-4H3. The van der Waals surface area contributed by atoms with Crippen LogP contribution in [0.5, 0.6) is 0 Å². The molecule has 3 nitrogen and oxygen atoms in total. The second kappa shape index (κ2) is 8.13. The molecule has 0 amide bonds. The maximum Gasteiger partial charge on any atom is 0.0702 e. The maximum absolute atomic E-state index is 5.72. The summed E-state index contributed by atoms with van der Waals surface area (Å²) in [7, 11) is 0. The molecule has 1 N–H and O–H groups in total. The van der Waals surface area contributed by atoms with Crippen LogP contribution in [-0.2, 0) is 4.74 Å². The van der Waals surface area contributed by atoms with Gasteiger partial charge in [-0.1, -0.05) is 20.8 Å². The van der Waals surface area contributed by atoms with Crippen molar-refractivity contribution in [1.82, 2.24) is 10.2 Å². The SMILES string of the molecule is CCOC1CCCN(CCNCCC(C)(C)C)C1. The van der Waals surface area contributed by atoms with Crippen LogP contribution in [0.4, 0.5) is 0 Å². The molecule has 0 aromatic heterocycles. The van der Waals surface area contributed by atoms with Crippen LogP contribution in [-0.4, -0.2) is 50.3 Å². The molecular weight excluding hydrogens is 224 g/mol. The van der Waals surface area contributed by atoms with Gasteiger partial charge in [-0.05, 0) is 44.7 Å². The highest BCUT2D eigenvalue weighted by molar-refractivity contribution is 4.74. The second-order valence-corrected chi connectivity index (χ2v) is 6.58. The molecule has 0 aromatic carbocycles. The Morgan fingerprint density at radius 3 is 2.72 bits per heavy atom. The van der Waals surface area contributed by atoms with E-state index < -0.39 is 0 Å². The number of piperidine rings is 1. The van der Waals surface area contributed by atoms with E-state index in [1.807, 2.05) is 0 Å². The number of hydrogen-bond donors (Lipinski definition) is 1. The molecule has 3 heteroatoms. The fourth-order valence-electron chi connectivity index (χ4n) is 2.41. The van der Waals surface area contributed by atoms with E-state index in [-0.39, 0.29) is 0 Å². The average molecular weight is 256 g/mol. The zero-order valence-corrected chi connectivity index (χ0v) is 12.8. The first-order valence-electron chi connectivity index (χ1n) is 7.56. The lowest BCUT2D eigenvalue weighted by atomic mass is 9.92. The monoisotopic (exact) mass is 256 g/mol. The van der Waals surface area contributed by atoms with Gasteiger partial charge in [0.15, 0.2) is 0 Å². The predicted molar refractivity (Wildman–Crippen MR) is 78.0 cm³/mol. The Bertz CT molecular complexity index is 211. The Morgan fingerprint density at radius 2 is 2.06 bits per heavy atom. The Labute approximate surface area is 113 Å². The summed E-state index contributed by atoms with van der Waals surface area (Å²) in [4.78, 5) is 2.54. The van der Waals surface area contributed by atoms with Crippen LogP contribution in [0.1, 0.15) is 47.0 Å². The van der Waals surface area contributed by atoms with E-state index in [0.717, 1.165) is 32.8 Å². The molecule has 1 unspecified atom stereocenters. The van der Waals surface area contributed by atoms with Crippen LogP contribution in [0.25, 0.3) is 0 Å². The quantitative estimate of drug-likeness (QED) is 0.708. The largest absolute Gasteiger partial charge is 0.377 e. The molecule has 1 heterocycles. The van der Waals surface area contributed by atoms with Gasteiger partial charge in [0.1, 0.15) is 0 Å². The summed E-state index contributed by atoms with van der Waals surface area (Å²) in [5, 5.41) is 3.55. The van der Waals surface area contributed by atoms with Gasteiger partial charge >= 0.3 is 0 Å². The first-order valence-corrected chi connectivity index (χ1v) is 7.56. The third kappa shape index (κ3) is 7.34. The van der Waals surface area contributed by atoms with Crippen LogP contribution in [0, 0.1) is 5.41 Å². The van der Waals surface area contributed by atoms with E-state index in [9.17, 15) is 0 Å². The molecule has 1 saturated heterocycles. The summed E-state index contributed by atoms with van der Waals surface area (Å²) < 4.78 is 5.72. The minimum absolute atomic E-state index is 0.443. The van der Waals surface area contributed by atoms with Crippen molar-refractivity contribution in [3.05, 3.63) is 0 Å². The predicted octanol–water partition coefficient (Wildman–Crippen LogP) is 2.51. The molecule has 0 aliphatic carbocycles. The third-order valence-electron chi connectivity index (χ3n) is 3.52. The summed E-state index contributed by atoms with van der Waals surface area (Å²) in [6.45, 7) is 15.6. The van der Waals surface area contributed by atoms with E-state index in [1.165, 1.54) is 25.8 Å². The lowest BCUT2D eigenvalue weighted by molar-refractivity contribution is 0.00635. The first-order chi connectivity index (χ1) is 8.51. The Kier molecular flexibility index (Phi) is 7.20. The Hall–Kier alpha value is -0.120. The molecule has 1 fully saturated rings. The summed E-state index contributed by atoms with van der Waals surface area (Å²) in [6, 6.07) is 0. The fraction of sp³-hybridized carbons (Fsp3) is 1.00. The molecule has 1 aliphatic rings. The summed E-state index contributed by atoms with van der Waals surface area (Å²) in [5.41, 5.74) is 0.443. The zero-order chi connectivity index (χ0) is 13.4. The topological polar surface area (TPSA) is 24.5 Å². The minimum Gasteiger partial charge on any atom is -0.377 e. The maximum atomic E-state index is 5.72. The van der Waals surface area contributed by atoms with Crippen LogP contribution in [0.3, 0.4) is 0 Å². The summed E-state index contributed by atoms with van der Waals surface area (Å²) >= 11 is 0. The molecular formula is C15H32N2O. The van der Waals surface area contributed by atoms with Crippen molar-refractivity contribution in [1.29, 1.82) is 0 Å². The Balaban J connectivity index is 2.04. The highest BCUT2D eigenvalue weighted by atomic mass is 16.5. The van der Waals surface area contributed by atoms with Gasteiger partial charge in [-0.3, -0.25) is 4.90 Å². The lowest BCUT2D eigenvalue weighted by Gasteiger charge is -2.32. The van der Waals surface area contributed by atoms with Crippen molar-refractivity contribution in [2.45, 2.75) is 53.1 Å². The van der Waals surface area contributed by atoms with Gasteiger partial charge in [0.05, 0.1) is 6.10 Å². The number of ether oxygens (including phenoxy) is 1. The van der Waals surface area contributed by atoms with Crippen molar-refractivity contribution in [3.8, 4) is 0 Å². The smallest absolute Gasteiger partial charge is 0.0702 e. The fourth-order valence-corrected chi connectivity index (χ4v) is 2.41. The van der Waals surface area contributed by atoms with Gasteiger partial charge in [0.2, 0.25) is 0 Å². The first kappa shape index (κ1) is 15.9. The Morgan fingerprint density at radius 1 is 1.28 bits per heavy atom. The number of nitrogens with zero attached hydrogens (tertiary/aromatic N) is 1. The van der Waals surface area contributed by atoms with Crippen LogP contribution < -0.4 is 5.32 Å². The minimum atomic E-state index is 0.443. The number of likely N-dealkylation sites (tertiary alicyclic amines) is 1. The van der Waals surface area contributed by atoms with Crippen LogP contribution in [0.15, 0.2) is 0 Å². The van der Waals surface area contributed by atoms with Gasteiger partial charge in [0, 0.05) is 26.2 Å². The van der Waals surface area contributed by atoms with Gasteiger partial charge in [-0.2, -0.15) is 0 Å². The highest BCUT2D eigenvalue weighted by Gasteiger charge is 2.19. The lowest BCUT2D eigenvalue weighted by Crippen LogP contribution is -2.42. The molecule has 0 bridgehead atoms. The van der Waals surface area contributed by atoms with Crippen molar-refractivity contribution < 1.29 is 4.74 Å².